The molecule has 0 saturated carbocycles. The van der Waals surface area contributed by atoms with Gasteiger partial charge in [-0.15, -0.1) is 41.0 Å². The van der Waals surface area contributed by atoms with Gasteiger partial charge in [0, 0.05) is 27.3 Å². The number of allylic oxidation sites excluding steroid dienone is 1. The molecule has 31 heavy (non-hydrogen) atoms. The van der Waals surface area contributed by atoms with Crippen LogP contribution in [0, 0.1) is 0 Å². The molecule has 0 atom stereocenters. The Balaban J connectivity index is 1.61. The second-order valence-electron chi connectivity index (χ2n) is 6.44. The van der Waals surface area contributed by atoms with Crippen LogP contribution in [0.4, 0.5) is 5.69 Å². The van der Waals surface area contributed by atoms with Crippen molar-refractivity contribution in [1.29, 1.82) is 0 Å². The Morgan fingerprint density at radius 3 is 2.84 bits per heavy atom. The number of hydrogen-bond acceptors (Lipinski definition) is 7. The normalized spacial score (nSPS) is 11.0. The van der Waals surface area contributed by atoms with Crippen LogP contribution >= 0.6 is 46.2 Å². The van der Waals surface area contributed by atoms with Gasteiger partial charge in [0.05, 0.1) is 16.8 Å². The topological polar surface area (TPSA) is 64.0 Å². The fourth-order valence-corrected chi connectivity index (χ4v) is 6.25. The van der Waals surface area contributed by atoms with Gasteiger partial charge in [-0.1, -0.05) is 36.0 Å². The maximum absolute atomic E-state index is 13.3. The van der Waals surface area contributed by atoms with Gasteiger partial charge in [0.15, 0.2) is 5.16 Å². The van der Waals surface area contributed by atoms with Gasteiger partial charge in [0.25, 0.3) is 5.56 Å². The summed E-state index contributed by atoms with van der Waals surface area (Å²) in [7, 11) is 0. The summed E-state index contributed by atoms with van der Waals surface area (Å²) >= 11 is 5.88. The number of nitrogens with one attached hydrogen (secondary N) is 1. The summed E-state index contributed by atoms with van der Waals surface area (Å²) in [6.45, 7) is 4.11. The summed E-state index contributed by atoms with van der Waals surface area (Å²) in [6, 6.07) is 11.6. The van der Waals surface area contributed by atoms with E-state index in [0.29, 0.717) is 21.9 Å². The number of thiophene rings is 2. The molecule has 9 heteroatoms. The quantitative estimate of drug-likeness (QED) is 0.193. The molecule has 0 radical (unpaired) electrons. The molecule has 5 nitrogen and oxygen atoms in total. The third kappa shape index (κ3) is 4.64. The zero-order chi connectivity index (χ0) is 21.8. The Morgan fingerprint density at radius 2 is 2.10 bits per heavy atom. The summed E-state index contributed by atoms with van der Waals surface area (Å²) in [6.07, 6.45) is 3.64. The van der Waals surface area contributed by atoms with Crippen LogP contribution < -0.4 is 10.9 Å². The van der Waals surface area contributed by atoms with Gasteiger partial charge >= 0.3 is 0 Å². The first-order valence-corrected chi connectivity index (χ1v) is 13.3. The highest BCUT2D eigenvalue weighted by Crippen LogP contribution is 2.34. The number of carbonyl (C=O) groups is 1. The van der Waals surface area contributed by atoms with Crippen molar-refractivity contribution in [1.82, 2.24) is 9.55 Å². The molecule has 0 fully saturated rings. The van der Waals surface area contributed by atoms with Crippen molar-refractivity contribution in [2.45, 2.75) is 16.6 Å². The first-order chi connectivity index (χ1) is 15.1. The van der Waals surface area contributed by atoms with E-state index in [0.717, 1.165) is 21.0 Å². The number of hydrogen-bond donors (Lipinski definition) is 1. The predicted octanol–water partition coefficient (Wildman–Crippen LogP) is 5.83. The van der Waals surface area contributed by atoms with Crippen molar-refractivity contribution in [2.24, 2.45) is 0 Å². The number of amides is 1. The van der Waals surface area contributed by atoms with Crippen LogP contribution in [0.5, 0.6) is 0 Å². The minimum Gasteiger partial charge on any atom is -0.324 e. The van der Waals surface area contributed by atoms with Crippen LogP contribution in [-0.2, 0) is 11.3 Å². The molecule has 3 aromatic heterocycles. The second-order valence-corrected chi connectivity index (χ2v) is 10.0. The number of benzene rings is 1. The zero-order valence-electron chi connectivity index (χ0n) is 16.7. The number of thioether (sulfide) groups is 2. The Hall–Kier alpha value is -2.33. The molecule has 0 bridgehead atoms. The number of aromatic nitrogens is 2. The molecule has 0 saturated heterocycles. The number of anilines is 1. The molecule has 0 aliphatic carbocycles. The number of rotatable bonds is 8. The van der Waals surface area contributed by atoms with E-state index >= 15 is 0 Å². The van der Waals surface area contributed by atoms with Crippen LogP contribution in [-0.4, -0.2) is 27.5 Å². The van der Waals surface area contributed by atoms with E-state index in [2.05, 4.69) is 11.9 Å². The first-order valence-electron chi connectivity index (χ1n) is 9.35. The lowest BCUT2D eigenvalue weighted by molar-refractivity contribution is -0.113. The molecule has 0 aliphatic heterocycles. The van der Waals surface area contributed by atoms with Crippen molar-refractivity contribution in [2.75, 3.05) is 17.3 Å². The van der Waals surface area contributed by atoms with Crippen LogP contribution in [0.3, 0.4) is 0 Å². The number of fused-ring (bicyclic) bond motifs is 1. The standard InChI is InChI=1S/C22H19N3O2S4/c1-3-10-25-21(27)19-14(16-9-6-11-29-16)12-30-20(19)24-22(25)31-13-18(26)23-15-7-4-5-8-17(15)28-2/h3-9,11-12H,1,10,13H2,2H3,(H,23,26). The molecule has 4 aromatic rings. The third-order valence-corrected chi connectivity index (χ3v) is 8.02. The van der Waals surface area contributed by atoms with E-state index in [1.165, 1.54) is 23.1 Å². The average molecular weight is 486 g/mol. The van der Waals surface area contributed by atoms with E-state index in [4.69, 9.17) is 4.98 Å². The molecule has 4 rings (SSSR count). The summed E-state index contributed by atoms with van der Waals surface area (Å²) < 4.78 is 1.59. The van der Waals surface area contributed by atoms with Crippen LogP contribution in [0.25, 0.3) is 20.7 Å². The van der Waals surface area contributed by atoms with Gasteiger partial charge < -0.3 is 5.32 Å². The summed E-state index contributed by atoms with van der Waals surface area (Å²) in [5, 5.41) is 8.06. The molecule has 158 valence electrons. The molecule has 1 aromatic carbocycles. The van der Waals surface area contributed by atoms with E-state index in [-0.39, 0.29) is 17.2 Å². The molecule has 0 unspecified atom stereocenters. The van der Waals surface area contributed by atoms with Gasteiger partial charge in [-0.3, -0.25) is 14.2 Å². The number of para-hydroxylation sites is 1. The van der Waals surface area contributed by atoms with Gasteiger partial charge in [-0.05, 0) is 29.8 Å². The molecule has 1 amide bonds. The van der Waals surface area contributed by atoms with Crippen molar-refractivity contribution < 1.29 is 4.79 Å². The SMILES string of the molecule is C=CCn1c(SCC(=O)Nc2ccccc2SC)nc2scc(-c3cccs3)c2c1=O. The lowest BCUT2D eigenvalue weighted by Gasteiger charge is -2.12. The van der Waals surface area contributed by atoms with Crippen LogP contribution in [0.15, 0.2) is 74.7 Å². The lowest BCUT2D eigenvalue weighted by atomic mass is 10.2. The second kappa shape index (κ2) is 9.86. The minimum absolute atomic E-state index is 0.106. The van der Waals surface area contributed by atoms with E-state index in [1.807, 2.05) is 53.4 Å². The van der Waals surface area contributed by atoms with Gasteiger partial charge in [-0.25, -0.2) is 4.98 Å². The Morgan fingerprint density at radius 1 is 1.26 bits per heavy atom. The maximum atomic E-state index is 13.3. The third-order valence-electron chi connectivity index (χ3n) is 4.47. The largest absolute Gasteiger partial charge is 0.324 e. The fraction of sp³-hybridized carbons (Fsp3) is 0.136. The van der Waals surface area contributed by atoms with Crippen molar-refractivity contribution in [3.63, 3.8) is 0 Å². The monoisotopic (exact) mass is 485 g/mol. The fourth-order valence-electron chi connectivity index (χ4n) is 3.08. The Kier molecular flexibility index (Phi) is 6.96. The smallest absolute Gasteiger partial charge is 0.263 e. The highest BCUT2D eigenvalue weighted by atomic mass is 32.2. The summed E-state index contributed by atoms with van der Waals surface area (Å²) in [5.41, 5.74) is 1.59. The average Bonchev–Trinajstić information content (AvgIpc) is 3.44. The highest BCUT2D eigenvalue weighted by Gasteiger charge is 2.18. The van der Waals surface area contributed by atoms with Crippen molar-refractivity contribution >= 4 is 68.0 Å². The number of nitrogens with zero attached hydrogens (tertiary/aromatic N) is 2. The van der Waals surface area contributed by atoms with Gasteiger partial charge in [-0.2, -0.15) is 0 Å². The lowest BCUT2D eigenvalue weighted by Crippen LogP contribution is -2.23. The van der Waals surface area contributed by atoms with Crippen molar-refractivity contribution in [3.05, 3.63) is 70.2 Å². The zero-order valence-corrected chi connectivity index (χ0v) is 19.9. The molecule has 3 heterocycles. The number of carbonyl (C=O) groups excluding carboxylic acids is 1. The van der Waals surface area contributed by atoms with Crippen molar-refractivity contribution in [3.8, 4) is 10.4 Å². The van der Waals surface area contributed by atoms with Crippen LogP contribution in [0.1, 0.15) is 0 Å². The van der Waals surface area contributed by atoms with Crippen LogP contribution in [0.2, 0.25) is 0 Å². The Labute approximate surface area is 196 Å². The van der Waals surface area contributed by atoms with Gasteiger partial charge in [0.2, 0.25) is 5.91 Å². The summed E-state index contributed by atoms with van der Waals surface area (Å²) in [5.74, 6) is 0.0116. The van der Waals surface area contributed by atoms with E-state index in [1.54, 1.807) is 33.7 Å². The molecule has 0 spiro atoms. The molecular formula is C22H19N3O2S4. The maximum Gasteiger partial charge on any atom is 0.263 e. The van der Waals surface area contributed by atoms with E-state index < -0.39 is 0 Å². The minimum atomic E-state index is -0.142. The summed E-state index contributed by atoms with van der Waals surface area (Å²) in [4.78, 5) is 33.3. The highest BCUT2D eigenvalue weighted by molar-refractivity contribution is 7.99. The molecule has 1 N–H and O–H groups in total. The van der Waals surface area contributed by atoms with E-state index in [9.17, 15) is 9.59 Å². The molecular weight excluding hydrogens is 467 g/mol. The first kappa shape index (κ1) is 21.9. The molecule has 0 aliphatic rings. The predicted molar refractivity (Wildman–Crippen MR) is 135 cm³/mol. The van der Waals surface area contributed by atoms with Gasteiger partial charge in [0.1, 0.15) is 4.83 Å². The Bertz CT molecular complexity index is 1290.